The maximum atomic E-state index is 5.33. The molecule has 2 aromatic heterocycles. The smallest absolute Gasteiger partial charge is 0.156 e. The number of nitrogens with zero attached hydrogens (tertiary/aromatic N) is 3. The number of thiazole rings is 1. The second-order valence-electron chi connectivity index (χ2n) is 2.70. The van der Waals surface area contributed by atoms with Crippen molar-refractivity contribution in [3.05, 3.63) is 23.5 Å². The minimum Gasteiger partial charge on any atom is -0.308 e. The van der Waals surface area contributed by atoms with Crippen molar-refractivity contribution in [3.8, 4) is 0 Å². The lowest BCUT2D eigenvalue weighted by molar-refractivity contribution is 0.995. The molecule has 0 aromatic carbocycles. The summed E-state index contributed by atoms with van der Waals surface area (Å²) in [6, 6.07) is 0. The molecule has 7 heteroatoms. The number of hydrazine groups is 1. The molecule has 15 heavy (non-hydrogen) atoms. The molecule has 0 fully saturated rings. The van der Waals surface area contributed by atoms with Crippen LogP contribution in [-0.2, 0) is 0 Å². The second-order valence-corrected chi connectivity index (χ2v) is 4.83. The van der Waals surface area contributed by atoms with Gasteiger partial charge in [-0.2, -0.15) is 0 Å². The Morgan fingerprint density at radius 3 is 2.93 bits per heavy atom. The topological polar surface area (TPSA) is 76.7 Å². The molecular weight excluding hydrogens is 230 g/mol. The van der Waals surface area contributed by atoms with E-state index >= 15 is 0 Å². The van der Waals surface area contributed by atoms with E-state index in [0.29, 0.717) is 5.82 Å². The molecule has 2 rings (SSSR count). The van der Waals surface area contributed by atoms with Crippen molar-refractivity contribution < 1.29 is 0 Å². The van der Waals surface area contributed by atoms with Crippen LogP contribution in [0.3, 0.4) is 0 Å². The Hall–Kier alpha value is -1.18. The summed E-state index contributed by atoms with van der Waals surface area (Å²) < 4.78 is 0.958. The normalized spacial score (nSPS) is 10.3. The molecule has 0 aliphatic rings. The van der Waals surface area contributed by atoms with Gasteiger partial charge in [0.15, 0.2) is 4.34 Å². The first-order chi connectivity index (χ1) is 7.31. The first kappa shape index (κ1) is 10.3. The van der Waals surface area contributed by atoms with Gasteiger partial charge in [-0.05, 0) is 18.7 Å². The summed E-state index contributed by atoms with van der Waals surface area (Å²) in [5.74, 6) is 5.97. The molecule has 0 aliphatic carbocycles. The van der Waals surface area contributed by atoms with Crippen LogP contribution in [-0.4, -0.2) is 15.0 Å². The van der Waals surface area contributed by atoms with Gasteiger partial charge in [0.1, 0.15) is 17.2 Å². The summed E-state index contributed by atoms with van der Waals surface area (Å²) >= 11 is 3.09. The number of aromatic nitrogens is 3. The number of nitrogen functional groups attached to an aromatic ring is 1. The van der Waals surface area contributed by atoms with E-state index in [2.05, 4.69) is 20.4 Å². The number of nitrogens with one attached hydrogen (secondary N) is 1. The lowest BCUT2D eigenvalue weighted by Crippen LogP contribution is -2.10. The molecule has 0 amide bonds. The minimum absolute atomic E-state index is 0.643. The largest absolute Gasteiger partial charge is 0.308 e. The Morgan fingerprint density at radius 2 is 2.27 bits per heavy atom. The van der Waals surface area contributed by atoms with E-state index in [1.165, 1.54) is 18.1 Å². The van der Waals surface area contributed by atoms with E-state index in [1.807, 2.05) is 12.3 Å². The van der Waals surface area contributed by atoms with Crippen LogP contribution in [0.25, 0.3) is 0 Å². The lowest BCUT2D eigenvalue weighted by Gasteiger charge is -2.06. The van der Waals surface area contributed by atoms with E-state index in [1.54, 1.807) is 17.5 Å². The molecule has 2 aromatic rings. The fourth-order valence-electron chi connectivity index (χ4n) is 1.03. The highest BCUT2D eigenvalue weighted by atomic mass is 32.2. The van der Waals surface area contributed by atoms with E-state index in [4.69, 9.17) is 5.84 Å². The van der Waals surface area contributed by atoms with E-state index in [-0.39, 0.29) is 0 Å². The van der Waals surface area contributed by atoms with Crippen molar-refractivity contribution >= 4 is 28.9 Å². The van der Waals surface area contributed by atoms with Crippen LogP contribution in [0.1, 0.15) is 5.56 Å². The maximum Gasteiger partial charge on any atom is 0.156 e. The van der Waals surface area contributed by atoms with Gasteiger partial charge in [-0.3, -0.25) is 0 Å². The number of hydrogen-bond acceptors (Lipinski definition) is 7. The van der Waals surface area contributed by atoms with Crippen LogP contribution in [0, 0.1) is 6.92 Å². The average Bonchev–Trinajstić information content (AvgIpc) is 2.74. The Labute approximate surface area is 95.1 Å². The highest BCUT2D eigenvalue weighted by Crippen LogP contribution is 2.31. The predicted octanol–water partition coefficient (Wildman–Crippen LogP) is 1.68. The van der Waals surface area contributed by atoms with Crippen LogP contribution >= 0.6 is 23.1 Å². The van der Waals surface area contributed by atoms with Gasteiger partial charge in [0.05, 0.1) is 0 Å². The van der Waals surface area contributed by atoms with Crippen molar-refractivity contribution in [2.75, 3.05) is 5.43 Å². The molecule has 0 saturated heterocycles. The van der Waals surface area contributed by atoms with Gasteiger partial charge >= 0.3 is 0 Å². The SMILES string of the molecule is Cc1c(NN)ncnc1Sc1nccs1. The molecule has 3 N–H and O–H groups in total. The quantitative estimate of drug-likeness (QED) is 0.482. The van der Waals surface area contributed by atoms with Crippen molar-refractivity contribution in [3.63, 3.8) is 0 Å². The van der Waals surface area contributed by atoms with Crippen LogP contribution < -0.4 is 11.3 Å². The molecule has 0 unspecified atom stereocenters. The molecule has 0 saturated carbocycles. The molecule has 78 valence electrons. The third-order valence-corrected chi connectivity index (χ3v) is 3.76. The number of nitrogens with two attached hydrogens (primary N) is 1. The first-order valence-corrected chi connectivity index (χ1v) is 5.86. The molecule has 0 radical (unpaired) electrons. The highest BCUT2D eigenvalue weighted by molar-refractivity contribution is 8.01. The standard InChI is InChI=1S/C8H9N5S2/c1-5-6(13-9)11-4-12-7(5)15-8-10-2-3-14-8/h2-4H,9H2,1H3,(H,11,12,13). The fraction of sp³-hybridized carbons (Fsp3) is 0.125. The average molecular weight is 239 g/mol. The van der Waals surface area contributed by atoms with Crippen molar-refractivity contribution in [1.82, 2.24) is 15.0 Å². The van der Waals surface area contributed by atoms with Crippen molar-refractivity contribution in [2.45, 2.75) is 16.3 Å². The Kier molecular flexibility index (Phi) is 3.14. The summed E-state index contributed by atoms with van der Waals surface area (Å²) in [6.07, 6.45) is 3.25. The zero-order valence-electron chi connectivity index (χ0n) is 7.97. The van der Waals surface area contributed by atoms with Gasteiger partial charge < -0.3 is 5.43 Å². The van der Waals surface area contributed by atoms with E-state index in [0.717, 1.165) is 14.9 Å². The van der Waals surface area contributed by atoms with Crippen molar-refractivity contribution in [1.29, 1.82) is 0 Å². The monoisotopic (exact) mass is 239 g/mol. The van der Waals surface area contributed by atoms with Gasteiger partial charge in [-0.1, -0.05) is 0 Å². The molecule has 0 aliphatic heterocycles. The minimum atomic E-state index is 0.643. The summed E-state index contributed by atoms with van der Waals surface area (Å²) in [5, 5.41) is 2.80. The van der Waals surface area contributed by atoms with Crippen LogP contribution in [0.5, 0.6) is 0 Å². The third-order valence-electron chi connectivity index (χ3n) is 1.77. The van der Waals surface area contributed by atoms with Gasteiger partial charge in [-0.15, -0.1) is 11.3 Å². The van der Waals surface area contributed by atoms with Gasteiger partial charge in [0.2, 0.25) is 0 Å². The van der Waals surface area contributed by atoms with E-state index in [9.17, 15) is 0 Å². The highest BCUT2D eigenvalue weighted by Gasteiger charge is 2.08. The number of hydrogen-bond donors (Lipinski definition) is 2. The second kappa shape index (κ2) is 4.56. The fourth-order valence-corrected chi connectivity index (χ4v) is 2.61. The summed E-state index contributed by atoms with van der Waals surface area (Å²) in [6.45, 7) is 1.92. The third kappa shape index (κ3) is 2.25. The van der Waals surface area contributed by atoms with Crippen molar-refractivity contribution in [2.24, 2.45) is 5.84 Å². The Bertz CT molecular complexity index is 442. The zero-order chi connectivity index (χ0) is 10.7. The zero-order valence-corrected chi connectivity index (χ0v) is 9.60. The van der Waals surface area contributed by atoms with Crippen LogP contribution in [0.4, 0.5) is 5.82 Å². The van der Waals surface area contributed by atoms with Crippen LogP contribution in [0.15, 0.2) is 27.3 Å². The predicted molar refractivity (Wildman–Crippen MR) is 60.8 cm³/mol. The molecule has 0 bridgehead atoms. The van der Waals surface area contributed by atoms with Gasteiger partial charge in [0.25, 0.3) is 0 Å². The summed E-state index contributed by atoms with van der Waals surface area (Å²) in [7, 11) is 0. The molecule has 2 heterocycles. The Morgan fingerprint density at radius 1 is 1.40 bits per heavy atom. The van der Waals surface area contributed by atoms with Crippen LogP contribution in [0.2, 0.25) is 0 Å². The molecule has 5 nitrogen and oxygen atoms in total. The molecule has 0 spiro atoms. The first-order valence-electron chi connectivity index (χ1n) is 4.17. The van der Waals surface area contributed by atoms with Gasteiger partial charge in [-0.25, -0.2) is 20.8 Å². The lowest BCUT2D eigenvalue weighted by atomic mass is 10.3. The summed E-state index contributed by atoms with van der Waals surface area (Å²) in [5.41, 5.74) is 3.46. The molecule has 0 atom stereocenters. The molecular formula is C8H9N5S2. The number of rotatable bonds is 3. The number of anilines is 1. The maximum absolute atomic E-state index is 5.33. The summed E-state index contributed by atoms with van der Waals surface area (Å²) in [4.78, 5) is 12.4. The Balaban J connectivity index is 2.29. The van der Waals surface area contributed by atoms with Gasteiger partial charge in [0, 0.05) is 17.1 Å². The van der Waals surface area contributed by atoms with E-state index < -0.39 is 0 Å².